The highest BCUT2D eigenvalue weighted by atomic mass is 32.1. The third-order valence-electron chi connectivity index (χ3n) is 8.28. The van der Waals surface area contributed by atoms with Crippen LogP contribution in [-0.4, -0.2) is 87.1 Å². The topological polar surface area (TPSA) is 152 Å². The highest BCUT2D eigenvalue weighted by Crippen LogP contribution is 2.29. The molecular weight excluding hydrogens is 594 g/mol. The Morgan fingerprint density at radius 2 is 1.71 bits per heavy atom. The molecule has 0 bridgehead atoms. The number of aromatic nitrogens is 1. The van der Waals surface area contributed by atoms with Crippen LogP contribution in [0.2, 0.25) is 0 Å². The molecule has 0 spiro atoms. The monoisotopic (exact) mass is 643 g/mol. The molecule has 0 aliphatic carbocycles. The van der Waals surface area contributed by atoms with Crippen molar-refractivity contribution in [3.8, 4) is 10.4 Å². The van der Waals surface area contributed by atoms with E-state index in [2.05, 4.69) is 15.6 Å². The number of aliphatic hydroxyl groups is 1. The van der Waals surface area contributed by atoms with Gasteiger partial charge >= 0.3 is 6.09 Å². The molecule has 3 rings (SSSR count). The van der Waals surface area contributed by atoms with Gasteiger partial charge in [0.1, 0.15) is 12.1 Å². The Kier molecular flexibility index (Phi) is 12.9. The number of nitrogens with zero attached hydrogens (tertiary/aromatic N) is 3. The summed E-state index contributed by atoms with van der Waals surface area (Å²) >= 11 is 1.58. The predicted octanol–water partition coefficient (Wildman–Crippen LogP) is 4.74. The predicted molar refractivity (Wildman–Crippen MR) is 175 cm³/mol. The number of hydrogen-bond donors (Lipinski definition) is 4. The lowest BCUT2D eigenvalue weighted by Gasteiger charge is -2.35. The van der Waals surface area contributed by atoms with Crippen molar-refractivity contribution in [1.29, 1.82) is 0 Å². The standard InChI is InChI=1S/C33H49N5O6S/c1-21(23-13-15-24(16-14-23)28-22(2)34-20-45-28)35-30(41)26-18-25(39)19-38(26)31(42)29(33(3,4)5)36-27(40)12-10-8-7-9-11-17-37(6)32(43)44/h13-16,20-21,25-26,29,39H,7-12,17-19H2,1-6H3,(H,35,41)(H,36,40)(H,43,44)/t21?,25-,26+,29?/m1/s1. The summed E-state index contributed by atoms with van der Waals surface area (Å²) < 4.78 is 0. The van der Waals surface area contributed by atoms with Gasteiger partial charge in [-0.1, -0.05) is 64.3 Å². The number of aryl methyl sites for hydroxylation is 1. The Bertz CT molecular complexity index is 1310. The number of carbonyl (C=O) groups excluding carboxylic acids is 3. The first-order valence-corrected chi connectivity index (χ1v) is 16.6. The fourth-order valence-corrected chi connectivity index (χ4v) is 6.32. The summed E-state index contributed by atoms with van der Waals surface area (Å²) in [4.78, 5) is 59.1. The highest BCUT2D eigenvalue weighted by Gasteiger charge is 2.44. The molecular formula is C33H49N5O6S. The van der Waals surface area contributed by atoms with Crippen LogP contribution in [0.3, 0.4) is 0 Å². The molecule has 2 heterocycles. The van der Waals surface area contributed by atoms with E-state index >= 15 is 0 Å². The van der Waals surface area contributed by atoms with E-state index in [1.807, 2.05) is 64.4 Å². The van der Waals surface area contributed by atoms with Crippen LogP contribution < -0.4 is 10.6 Å². The lowest BCUT2D eigenvalue weighted by molar-refractivity contribution is -0.144. The van der Waals surface area contributed by atoms with Crippen LogP contribution in [0.25, 0.3) is 10.4 Å². The van der Waals surface area contributed by atoms with E-state index in [1.54, 1.807) is 18.4 Å². The number of carboxylic acid groups (broad SMARTS) is 1. The van der Waals surface area contributed by atoms with Crippen molar-refractivity contribution >= 4 is 35.2 Å². The van der Waals surface area contributed by atoms with Crippen LogP contribution in [-0.2, 0) is 14.4 Å². The van der Waals surface area contributed by atoms with Crippen molar-refractivity contribution in [3.63, 3.8) is 0 Å². The molecule has 4 amide bonds. The second-order valence-corrected chi connectivity index (χ2v) is 14.0. The fraction of sp³-hybridized carbons (Fsp3) is 0.606. The summed E-state index contributed by atoms with van der Waals surface area (Å²) in [5, 5.41) is 25.3. The quantitative estimate of drug-likeness (QED) is 0.217. The molecule has 2 unspecified atom stereocenters. The molecule has 11 nitrogen and oxygen atoms in total. The van der Waals surface area contributed by atoms with Gasteiger partial charge in [0.05, 0.1) is 28.2 Å². The van der Waals surface area contributed by atoms with E-state index < -0.39 is 29.7 Å². The number of nitrogens with one attached hydrogen (secondary N) is 2. The molecule has 45 heavy (non-hydrogen) atoms. The number of benzene rings is 1. The maximum atomic E-state index is 13.8. The van der Waals surface area contributed by atoms with Crippen molar-refractivity contribution in [2.45, 2.75) is 104 Å². The van der Waals surface area contributed by atoms with Crippen LogP contribution in [0.5, 0.6) is 0 Å². The second-order valence-electron chi connectivity index (χ2n) is 13.1. The Hall–Kier alpha value is -3.51. The Morgan fingerprint density at radius 3 is 2.31 bits per heavy atom. The van der Waals surface area contributed by atoms with Crippen molar-refractivity contribution in [1.82, 2.24) is 25.4 Å². The van der Waals surface area contributed by atoms with Gasteiger partial charge in [0.15, 0.2) is 0 Å². The van der Waals surface area contributed by atoms with Crippen molar-refractivity contribution in [2.24, 2.45) is 5.41 Å². The number of hydrogen-bond acceptors (Lipinski definition) is 7. The van der Waals surface area contributed by atoms with Gasteiger partial charge in [0.2, 0.25) is 17.7 Å². The van der Waals surface area contributed by atoms with Crippen molar-refractivity contribution < 1.29 is 29.4 Å². The van der Waals surface area contributed by atoms with E-state index in [9.17, 15) is 24.3 Å². The SMILES string of the molecule is Cc1ncsc1-c1ccc(C(C)NC(=O)[C@@H]2C[C@@H](O)CN2C(=O)C(NC(=O)CCCCCCCN(C)C(=O)O)C(C)(C)C)cc1. The van der Waals surface area contributed by atoms with Crippen molar-refractivity contribution in [3.05, 3.63) is 41.0 Å². The van der Waals surface area contributed by atoms with Crippen LogP contribution in [0.15, 0.2) is 29.8 Å². The molecule has 1 aromatic carbocycles. The zero-order valence-electron chi connectivity index (χ0n) is 27.3. The van der Waals surface area contributed by atoms with E-state index in [-0.39, 0.29) is 43.1 Å². The zero-order chi connectivity index (χ0) is 33.3. The number of likely N-dealkylation sites (tertiary alicyclic amines) is 1. The molecule has 4 N–H and O–H groups in total. The van der Waals surface area contributed by atoms with Crippen LogP contribution in [0.4, 0.5) is 4.79 Å². The minimum atomic E-state index is -0.941. The average molecular weight is 644 g/mol. The van der Waals surface area contributed by atoms with E-state index in [1.165, 1.54) is 9.80 Å². The van der Waals surface area contributed by atoms with Gasteiger partial charge in [-0.05, 0) is 43.2 Å². The number of aliphatic hydroxyl groups excluding tert-OH is 1. The molecule has 248 valence electrons. The van der Waals surface area contributed by atoms with Gasteiger partial charge in [-0.3, -0.25) is 14.4 Å². The van der Waals surface area contributed by atoms with E-state index in [4.69, 9.17) is 5.11 Å². The number of amides is 4. The van der Waals surface area contributed by atoms with Gasteiger partial charge in [0, 0.05) is 33.0 Å². The maximum absolute atomic E-state index is 13.8. The molecule has 0 radical (unpaired) electrons. The first-order chi connectivity index (χ1) is 21.2. The fourth-order valence-electron chi connectivity index (χ4n) is 5.51. The van der Waals surface area contributed by atoms with E-state index in [0.29, 0.717) is 13.0 Å². The molecule has 1 aliphatic rings. The van der Waals surface area contributed by atoms with Gasteiger partial charge in [-0.25, -0.2) is 9.78 Å². The molecule has 1 saturated heterocycles. The molecule has 1 fully saturated rings. The smallest absolute Gasteiger partial charge is 0.407 e. The van der Waals surface area contributed by atoms with Gasteiger partial charge < -0.3 is 30.6 Å². The number of carbonyl (C=O) groups is 4. The van der Waals surface area contributed by atoms with Crippen LogP contribution in [0, 0.1) is 12.3 Å². The summed E-state index contributed by atoms with van der Waals surface area (Å²) in [5.74, 6) is -0.962. The third-order valence-corrected chi connectivity index (χ3v) is 9.26. The number of rotatable bonds is 14. The molecule has 12 heteroatoms. The van der Waals surface area contributed by atoms with E-state index in [0.717, 1.165) is 47.4 Å². The second kappa shape index (κ2) is 16.2. The number of unbranched alkanes of at least 4 members (excludes halogenated alkanes) is 4. The first kappa shape index (κ1) is 36.0. The Balaban J connectivity index is 1.56. The Labute approximate surface area is 270 Å². The minimum absolute atomic E-state index is 0.0215. The van der Waals surface area contributed by atoms with Gasteiger partial charge in [0.25, 0.3) is 0 Å². The van der Waals surface area contributed by atoms with Gasteiger partial charge in [-0.2, -0.15) is 0 Å². The maximum Gasteiger partial charge on any atom is 0.407 e. The summed E-state index contributed by atoms with van der Waals surface area (Å²) in [7, 11) is 1.54. The lowest BCUT2D eigenvalue weighted by atomic mass is 9.85. The molecule has 4 atom stereocenters. The minimum Gasteiger partial charge on any atom is -0.465 e. The van der Waals surface area contributed by atoms with Gasteiger partial charge in [-0.15, -0.1) is 11.3 Å². The highest BCUT2D eigenvalue weighted by molar-refractivity contribution is 7.13. The Morgan fingerprint density at radius 1 is 1.07 bits per heavy atom. The number of thiazole rings is 1. The molecule has 0 saturated carbocycles. The summed E-state index contributed by atoms with van der Waals surface area (Å²) in [6, 6.07) is 5.91. The normalized spacial score (nSPS) is 17.9. The first-order valence-electron chi connectivity index (χ1n) is 15.7. The number of β-amino-alcohol motifs (C(OH)–C–C–N with tert-alkyl or cyclic N) is 1. The summed E-state index contributed by atoms with van der Waals surface area (Å²) in [5.41, 5.74) is 4.14. The molecule has 1 aromatic heterocycles. The average Bonchev–Trinajstić information content (AvgIpc) is 3.59. The molecule has 2 aromatic rings. The van der Waals surface area contributed by atoms with Crippen molar-refractivity contribution in [2.75, 3.05) is 20.1 Å². The van der Waals surface area contributed by atoms with Crippen LogP contribution in [0.1, 0.15) is 89.9 Å². The molecule has 1 aliphatic heterocycles. The zero-order valence-corrected chi connectivity index (χ0v) is 28.2. The third kappa shape index (κ3) is 10.3. The van der Waals surface area contributed by atoms with Crippen LogP contribution >= 0.6 is 11.3 Å². The summed E-state index contributed by atoms with van der Waals surface area (Å²) in [6.07, 6.45) is 2.62. The lowest BCUT2D eigenvalue weighted by Crippen LogP contribution is -2.57. The largest absolute Gasteiger partial charge is 0.465 e. The summed E-state index contributed by atoms with van der Waals surface area (Å²) in [6.45, 7) is 9.96.